The molecule has 7 rings (SSSR count). The summed E-state index contributed by atoms with van der Waals surface area (Å²) in [7, 11) is 0. The first kappa shape index (κ1) is 42.7. The number of quaternary nitrogens is 1. The predicted octanol–water partition coefficient (Wildman–Crippen LogP) is 14.9. The Hall–Kier alpha value is -5.44. The minimum absolute atomic E-state index is 0.0182. The van der Waals surface area contributed by atoms with E-state index in [0.717, 1.165) is 0 Å². The van der Waals surface area contributed by atoms with Crippen LogP contribution in [0.5, 0.6) is 11.5 Å². The van der Waals surface area contributed by atoms with Gasteiger partial charge in [0.2, 0.25) is 0 Å². The fraction of sp³-hybridized carbons (Fsp3) is 0.289. The summed E-state index contributed by atoms with van der Waals surface area (Å²) in [6.07, 6.45) is -19.6. The third-order valence-electron chi connectivity index (χ3n) is 11.3. The van der Waals surface area contributed by atoms with Gasteiger partial charge in [-0.1, -0.05) is 75.2 Å². The number of hydrogen-bond acceptors (Lipinski definition) is 2. The van der Waals surface area contributed by atoms with Crippen molar-refractivity contribution in [3.63, 3.8) is 0 Å². The van der Waals surface area contributed by atoms with Gasteiger partial charge in [0, 0.05) is 16.7 Å². The molecule has 0 spiro atoms. The van der Waals surface area contributed by atoms with Gasteiger partial charge in [-0.25, -0.2) is 0 Å². The molecule has 1 heterocycles. The van der Waals surface area contributed by atoms with Crippen molar-refractivity contribution in [1.82, 2.24) is 4.48 Å². The first-order valence-electron chi connectivity index (χ1n) is 19.0. The molecule has 0 atom stereocenters. The summed E-state index contributed by atoms with van der Waals surface area (Å²) in [6.45, 7) is 4.07. The molecule has 1 aliphatic rings. The van der Waals surface area contributed by atoms with Crippen LogP contribution in [0.2, 0.25) is 0 Å². The van der Waals surface area contributed by atoms with Crippen LogP contribution in [0.3, 0.4) is 0 Å². The highest BCUT2D eigenvalue weighted by Crippen LogP contribution is 2.58. The maximum absolute atomic E-state index is 14.5. The van der Waals surface area contributed by atoms with Crippen molar-refractivity contribution in [1.29, 1.82) is 0 Å². The first-order valence-corrected chi connectivity index (χ1v) is 19.0. The molecule has 0 saturated heterocycles. The van der Waals surface area contributed by atoms with Crippen molar-refractivity contribution in [3.05, 3.63) is 113 Å². The number of unbranched alkanes of at least 4 members (excludes halogenated alkanes) is 2. The molecule has 0 saturated carbocycles. The Labute approximate surface area is 335 Å². The highest BCUT2D eigenvalue weighted by atomic mass is 19.4. The Morgan fingerprint density at radius 2 is 0.867 bits per heavy atom. The topological polar surface area (TPSA) is 40.5 Å². The van der Waals surface area contributed by atoms with E-state index in [1.807, 2.05) is 13.8 Å². The van der Waals surface area contributed by atoms with E-state index in [1.165, 1.54) is 12.1 Å². The molecular weight excluding hydrogens is 814 g/mol. The van der Waals surface area contributed by atoms with E-state index in [0.29, 0.717) is 93.9 Å². The molecule has 0 amide bonds. The summed E-state index contributed by atoms with van der Waals surface area (Å²) in [5.74, 6) is -3.98. The second kappa shape index (κ2) is 14.9. The van der Waals surface area contributed by atoms with Gasteiger partial charge in [-0.2, -0.15) is 52.7 Å². The lowest BCUT2D eigenvalue weighted by Crippen LogP contribution is -2.52. The monoisotopic (exact) mass is 850 g/mol. The molecule has 316 valence electrons. The molecule has 0 aromatic heterocycles. The smallest absolute Gasteiger partial charge is 0.419 e. The molecule has 3 nitrogen and oxygen atoms in total. The van der Waals surface area contributed by atoms with Crippen molar-refractivity contribution < 1.29 is 62.9 Å². The highest BCUT2D eigenvalue weighted by Gasteiger charge is 2.47. The number of halogens is 12. The van der Waals surface area contributed by atoms with Crippen molar-refractivity contribution in [2.45, 2.75) is 70.8 Å². The number of hydrogen-bond donors (Lipinski definition) is 2. The molecule has 6 aromatic carbocycles. The van der Waals surface area contributed by atoms with Crippen LogP contribution >= 0.6 is 0 Å². The third-order valence-corrected chi connectivity index (χ3v) is 11.3. The summed E-state index contributed by atoms with van der Waals surface area (Å²) < 4.78 is 173. The zero-order valence-corrected chi connectivity index (χ0v) is 31.9. The average Bonchev–Trinajstić information content (AvgIpc) is 3.16. The maximum atomic E-state index is 14.5. The molecule has 0 fully saturated rings. The standard InChI is InChI=1S/C45H35F12NO2/c1-3-5-15-58(16-6-4-2)23-32-30(26-19-33(42(46,47)48)40(59)34(20-26)43(49,50)51)17-24-11-7-9-13-28(24)37(32)38-29-14-10-8-12-25(29)18-31(39(38)58)27-21-35(44(52,53)54)41(60)36(22-27)45(55,56)57/h7-14,17-22H,3-6,15-16,23H2,1-2H3,(H-,59,60)/p+1. The van der Waals surface area contributed by atoms with E-state index in [-0.39, 0.29) is 35.2 Å². The SMILES string of the molecule is CCCC[N+]1(CCCC)Cc2c(-c3cc(C(F)(F)F)c(O)c(C(F)(F)F)c3)cc3ccccc3c2-c2c1c(-c1cc(C(F)(F)F)c(O)c(C(F)(F)F)c1)cc1ccccc21. The van der Waals surface area contributed by atoms with Crippen molar-refractivity contribution in [3.8, 4) is 44.9 Å². The fourth-order valence-electron chi connectivity index (χ4n) is 8.64. The normalized spacial score (nSPS) is 14.4. The molecular formula is C45H36F12NO2+. The summed E-state index contributed by atoms with van der Waals surface area (Å²) in [5, 5.41) is 22.5. The van der Waals surface area contributed by atoms with Crippen LogP contribution < -0.4 is 4.48 Å². The lowest BCUT2D eigenvalue weighted by Gasteiger charge is -2.45. The molecule has 6 aromatic rings. The van der Waals surface area contributed by atoms with Gasteiger partial charge in [-0.05, 0) is 87.5 Å². The average molecular weight is 851 g/mol. The van der Waals surface area contributed by atoms with Crippen LogP contribution in [-0.2, 0) is 31.2 Å². The van der Waals surface area contributed by atoms with Gasteiger partial charge in [0.05, 0.1) is 40.9 Å². The van der Waals surface area contributed by atoms with Crippen LogP contribution in [0.15, 0.2) is 84.9 Å². The molecule has 2 N–H and O–H groups in total. The van der Waals surface area contributed by atoms with Crippen LogP contribution in [0.4, 0.5) is 58.4 Å². The fourth-order valence-corrected chi connectivity index (χ4v) is 8.64. The van der Waals surface area contributed by atoms with Gasteiger partial charge in [-0.15, -0.1) is 0 Å². The Morgan fingerprint density at radius 1 is 0.500 bits per heavy atom. The number of phenolic OH excluding ortho intramolecular Hbond substituents is 2. The zero-order chi connectivity index (χ0) is 43.7. The Bertz CT molecular complexity index is 2560. The highest BCUT2D eigenvalue weighted by molar-refractivity contribution is 6.16. The van der Waals surface area contributed by atoms with Gasteiger partial charge in [0.1, 0.15) is 23.7 Å². The summed E-state index contributed by atoms with van der Waals surface area (Å²) in [6, 6.07) is 18.0. The molecule has 0 radical (unpaired) electrons. The number of fused-ring (bicyclic) bond motifs is 7. The minimum atomic E-state index is -5.42. The number of nitrogens with zero attached hydrogens (tertiary/aromatic N) is 1. The van der Waals surface area contributed by atoms with Gasteiger partial charge in [0.25, 0.3) is 0 Å². The Balaban J connectivity index is 1.74. The van der Waals surface area contributed by atoms with Gasteiger partial charge < -0.3 is 10.2 Å². The van der Waals surface area contributed by atoms with Crippen LogP contribution in [0.25, 0.3) is 54.9 Å². The lowest BCUT2D eigenvalue weighted by molar-refractivity contribution is -0.147. The number of rotatable bonds is 8. The third kappa shape index (κ3) is 7.38. The Kier molecular flexibility index (Phi) is 10.6. The van der Waals surface area contributed by atoms with Crippen molar-refractivity contribution >= 4 is 27.2 Å². The van der Waals surface area contributed by atoms with Gasteiger partial charge in [-0.3, -0.25) is 4.48 Å². The molecule has 0 bridgehead atoms. The van der Waals surface area contributed by atoms with Crippen LogP contribution in [-0.4, -0.2) is 23.3 Å². The molecule has 1 aliphatic heterocycles. The molecule has 0 aliphatic carbocycles. The second-order valence-electron chi connectivity index (χ2n) is 15.2. The van der Waals surface area contributed by atoms with Crippen LogP contribution in [0.1, 0.15) is 67.3 Å². The minimum Gasteiger partial charge on any atom is -0.507 e. The number of benzene rings is 6. The summed E-state index contributed by atoms with van der Waals surface area (Å²) in [5.41, 5.74) is -7.40. The predicted molar refractivity (Wildman–Crippen MR) is 206 cm³/mol. The van der Waals surface area contributed by atoms with Gasteiger partial charge >= 0.3 is 24.7 Å². The van der Waals surface area contributed by atoms with Crippen molar-refractivity contribution in [2.75, 3.05) is 13.1 Å². The van der Waals surface area contributed by atoms with E-state index in [1.54, 1.807) is 48.5 Å². The number of alkyl halides is 12. The Morgan fingerprint density at radius 3 is 1.27 bits per heavy atom. The van der Waals surface area contributed by atoms with E-state index in [4.69, 9.17) is 0 Å². The number of phenols is 2. The summed E-state index contributed by atoms with van der Waals surface area (Å²) in [4.78, 5) is 0. The van der Waals surface area contributed by atoms with Crippen molar-refractivity contribution in [2.24, 2.45) is 0 Å². The van der Waals surface area contributed by atoms with E-state index in [9.17, 15) is 62.9 Å². The first-order chi connectivity index (χ1) is 28.0. The number of aromatic hydroxyl groups is 2. The summed E-state index contributed by atoms with van der Waals surface area (Å²) >= 11 is 0. The van der Waals surface area contributed by atoms with E-state index >= 15 is 0 Å². The van der Waals surface area contributed by atoms with Gasteiger partial charge in [0.15, 0.2) is 0 Å². The van der Waals surface area contributed by atoms with E-state index < -0.39 is 69.6 Å². The maximum Gasteiger partial charge on any atom is 0.419 e. The van der Waals surface area contributed by atoms with E-state index in [2.05, 4.69) is 0 Å². The largest absolute Gasteiger partial charge is 0.507 e. The molecule has 15 heteroatoms. The molecule has 60 heavy (non-hydrogen) atoms. The zero-order valence-electron chi connectivity index (χ0n) is 31.9. The second-order valence-corrected chi connectivity index (χ2v) is 15.2. The quantitative estimate of drug-likeness (QED) is 0.118. The van der Waals surface area contributed by atoms with Crippen LogP contribution in [0, 0.1) is 0 Å². The lowest BCUT2D eigenvalue weighted by atomic mass is 9.78. The molecule has 0 unspecified atom stereocenters.